The third-order valence-electron chi connectivity index (χ3n) is 3.46. The van der Waals surface area contributed by atoms with Gasteiger partial charge in [-0.25, -0.2) is 4.79 Å². The smallest absolute Gasteiger partial charge is 0.328 e. The number of hydrogen-bond acceptors (Lipinski definition) is 4. The number of carbonyl (C=O) groups is 2. The van der Waals surface area contributed by atoms with E-state index in [0.29, 0.717) is 12.0 Å². The lowest BCUT2D eigenvalue weighted by Gasteiger charge is -2.14. The highest BCUT2D eigenvalue weighted by molar-refractivity contribution is 5.97. The monoisotopic (exact) mass is 314 g/mol. The van der Waals surface area contributed by atoms with Crippen molar-refractivity contribution >= 4 is 11.9 Å². The molecule has 0 saturated carbocycles. The maximum absolute atomic E-state index is 12.2. The SMILES string of the molecule is CC[C@@H](NC(=O)c1ccc(-c2ccc(=O)[nH]c2)cc1)C(=O)OC. The molecule has 0 fully saturated rings. The Morgan fingerprint density at radius 3 is 2.30 bits per heavy atom. The number of aromatic amines is 1. The van der Waals surface area contributed by atoms with Crippen LogP contribution in [0.5, 0.6) is 0 Å². The van der Waals surface area contributed by atoms with Gasteiger partial charge in [0.05, 0.1) is 7.11 Å². The summed E-state index contributed by atoms with van der Waals surface area (Å²) in [6.07, 6.45) is 2.07. The fourth-order valence-electron chi connectivity index (χ4n) is 2.12. The van der Waals surface area contributed by atoms with E-state index in [1.807, 2.05) is 0 Å². The highest BCUT2D eigenvalue weighted by Crippen LogP contribution is 2.17. The van der Waals surface area contributed by atoms with Crippen LogP contribution in [-0.2, 0) is 9.53 Å². The number of carbonyl (C=O) groups excluding carboxylic acids is 2. The van der Waals surface area contributed by atoms with Crippen LogP contribution in [0.2, 0.25) is 0 Å². The van der Waals surface area contributed by atoms with E-state index in [9.17, 15) is 14.4 Å². The molecule has 0 unspecified atom stereocenters. The topological polar surface area (TPSA) is 88.3 Å². The van der Waals surface area contributed by atoms with E-state index >= 15 is 0 Å². The van der Waals surface area contributed by atoms with Gasteiger partial charge in [-0.05, 0) is 35.7 Å². The fourth-order valence-corrected chi connectivity index (χ4v) is 2.12. The van der Waals surface area contributed by atoms with E-state index in [-0.39, 0.29) is 11.5 Å². The van der Waals surface area contributed by atoms with Gasteiger partial charge in [-0.15, -0.1) is 0 Å². The van der Waals surface area contributed by atoms with Crippen LogP contribution >= 0.6 is 0 Å². The van der Waals surface area contributed by atoms with Crippen molar-refractivity contribution < 1.29 is 14.3 Å². The fraction of sp³-hybridized carbons (Fsp3) is 0.235. The molecule has 2 aromatic rings. The second kappa shape index (κ2) is 7.40. The predicted molar refractivity (Wildman–Crippen MR) is 86.1 cm³/mol. The number of pyridine rings is 1. The summed E-state index contributed by atoms with van der Waals surface area (Å²) in [5, 5.41) is 2.64. The van der Waals surface area contributed by atoms with Gasteiger partial charge in [0, 0.05) is 17.8 Å². The summed E-state index contributed by atoms with van der Waals surface area (Å²) in [7, 11) is 1.29. The normalized spacial score (nSPS) is 11.6. The van der Waals surface area contributed by atoms with Gasteiger partial charge in [-0.1, -0.05) is 19.1 Å². The number of aromatic nitrogens is 1. The van der Waals surface area contributed by atoms with E-state index in [2.05, 4.69) is 15.0 Å². The molecule has 1 amide bonds. The van der Waals surface area contributed by atoms with Crippen molar-refractivity contribution in [2.24, 2.45) is 0 Å². The van der Waals surface area contributed by atoms with Crippen LogP contribution in [0, 0.1) is 0 Å². The number of nitrogens with one attached hydrogen (secondary N) is 2. The quantitative estimate of drug-likeness (QED) is 0.823. The molecule has 0 saturated heterocycles. The molecule has 0 spiro atoms. The van der Waals surface area contributed by atoms with Crippen molar-refractivity contribution in [1.82, 2.24) is 10.3 Å². The molecular formula is C17H18N2O4. The van der Waals surface area contributed by atoms with E-state index in [1.54, 1.807) is 43.5 Å². The maximum atomic E-state index is 12.2. The molecule has 2 N–H and O–H groups in total. The van der Waals surface area contributed by atoms with Gasteiger partial charge >= 0.3 is 5.97 Å². The van der Waals surface area contributed by atoms with Gasteiger partial charge in [0.25, 0.3) is 5.91 Å². The van der Waals surface area contributed by atoms with E-state index < -0.39 is 12.0 Å². The summed E-state index contributed by atoms with van der Waals surface area (Å²) >= 11 is 0. The Morgan fingerprint density at radius 2 is 1.78 bits per heavy atom. The molecule has 1 heterocycles. The first-order chi connectivity index (χ1) is 11.0. The van der Waals surface area contributed by atoms with Gasteiger partial charge in [0.15, 0.2) is 0 Å². The van der Waals surface area contributed by atoms with Crippen LogP contribution in [0.25, 0.3) is 11.1 Å². The zero-order valence-corrected chi connectivity index (χ0v) is 13.0. The van der Waals surface area contributed by atoms with Gasteiger partial charge in [-0.2, -0.15) is 0 Å². The number of benzene rings is 1. The zero-order valence-electron chi connectivity index (χ0n) is 13.0. The number of amides is 1. The molecule has 0 aliphatic heterocycles. The number of esters is 1. The summed E-state index contributed by atoms with van der Waals surface area (Å²) in [6, 6.07) is 9.38. The molecule has 6 heteroatoms. The Kier molecular flexibility index (Phi) is 5.30. The van der Waals surface area contributed by atoms with Gasteiger partial charge < -0.3 is 15.0 Å². The third-order valence-corrected chi connectivity index (χ3v) is 3.46. The van der Waals surface area contributed by atoms with Crippen molar-refractivity contribution in [3.63, 3.8) is 0 Å². The van der Waals surface area contributed by atoms with E-state index in [1.165, 1.54) is 13.2 Å². The Morgan fingerprint density at radius 1 is 1.13 bits per heavy atom. The van der Waals surface area contributed by atoms with E-state index in [0.717, 1.165) is 11.1 Å². The highest BCUT2D eigenvalue weighted by Gasteiger charge is 2.19. The summed E-state index contributed by atoms with van der Waals surface area (Å²) in [6.45, 7) is 1.79. The summed E-state index contributed by atoms with van der Waals surface area (Å²) in [4.78, 5) is 37.3. The minimum atomic E-state index is -0.661. The van der Waals surface area contributed by atoms with E-state index in [4.69, 9.17) is 0 Å². The zero-order chi connectivity index (χ0) is 16.8. The van der Waals surface area contributed by atoms with Crippen molar-refractivity contribution in [3.8, 4) is 11.1 Å². The number of hydrogen-bond donors (Lipinski definition) is 2. The number of ether oxygens (including phenoxy) is 1. The predicted octanol–water partition coefficient (Wildman–Crippen LogP) is 1.72. The molecule has 2 rings (SSSR count). The van der Waals surface area contributed by atoms with Crippen molar-refractivity contribution in [1.29, 1.82) is 0 Å². The first kappa shape index (κ1) is 16.5. The second-order valence-corrected chi connectivity index (χ2v) is 4.98. The first-order valence-corrected chi connectivity index (χ1v) is 7.23. The maximum Gasteiger partial charge on any atom is 0.328 e. The minimum Gasteiger partial charge on any atom is -0.467 e. The average molecular weight is 314 g/mol. The molecular weight excluding hydrogens is 296 g/mol. The van der Waals surface area contributed by atoms with Gasteiger partial charge in [-0.3, -0.25) is 9.59 Å². The number of rotatable bonds is 5. The molecule has 0 aliphatic rings. The Hall–Kier alpha value is -2.89. The molecule has 1 aromatic heterocycles. The van der Waals surface area contributed by atoms with Gasteiger partial charge in [0.1, 0.15) is 6.04 Å². The van der Waals surface area contributed by atoms with Gasteiger partial charge in [0.2, 0.25) is 5.56 Å². The number of methoxy groups -OCH3 is 1. The van der Waals surface area contributed by atoms with Crippen LogP contribution in [0.1, 0.15) is 23.7 Å². The summed E-state index contributed by atoms with van der Waals surface area (Å²) in [5.41, 5.74) is 1.99. The molecule has 0 radical (unpaired) electrons. The Bertz CT molecular complexity index is 729. The number of H-pyrrole nitrogens is 1. The van der Waals surface area contributed by atoms with Crippen LogP contribution in [0.4, 0.5) is 0 Å². The van der Waals surface area contributed by atoms with Crippen LogP contribution in [0.3, 0.4) is 0 Å². The minimum absolute atomic E-state index is 0.168. The first-order valence-electron chi connectivity index (χ1n) is 7.23. The van der Waals surface area contributed by atoms with Crippen LogP contribution in [-0.4, -0.2) is 30.0 Å². The van der Waals surface area contributed by atoms with Crippen molar-refractivity contribution in [2.45, 2.75) is 19.4 Å². The Balaban J connectivity index is 2.12. The lowest BCUT2D eigenvalue weighted by Crippen LogP contribution is -2.40. The largest absolute Gasteiger partial charge is 0.467 e. The molecule has 120 valence electrons. The molecule has 6 nitrogen and oxygen atoms in total. The molecule has 23 heavy (non-hydrogen) atoms. The lowest BCUT2D eigenvalue weighted by atomic mass is 10.1. The molecule has 1 aromatic carbocycles. The Labute approximate surface area is 133 Å². The van der Waals surface area contributed by atoms with Crippen LogP contribution in [0.15, 0.2) is 47.4 Å². The van der Waals surface area contributed by atoms with Crippen molar-refractivity contribution in [3.05, 3.63) is 58.5 Å². The van der Waals surface area contributed by atoms with Crippen LogP contribution < -0.4 is 10.9 Å². The molecule has 0 bridgehead atoms. The summed E-state index contributed by atoms with van der Waals surface area (Å²) < 4.78 is 4.64. The second-order valence-electron chi connectivity index (χ2n) is 4.98. The standard InChI is InChI=1S/C17H18N2O4/c1-3-14(17(22)23-2)19-16(21)12-6-4-11(5-7-12)13-8-9-15(20)18-10-13/h4-10,14H,3H2,1-2H3,(H,18,20)(H,19,21)/t14-/m1/s1. The third kappa shape index (κ3) is 4.06. The molecule has 1 atom stereocenters. The average Bonchev–Trinajstić information content (AvgIpc) is 2.59. The highest BCUT2D eigenvalue weighted by atomic mass is 16.5. The van der Waals surface area contributed by atoms with Crippen molar-refractivity contribution in [2.75, 3.05) is 7.11 Å². The summed E-state index contributed by atoms with van der Waals surface area (Å²) in [5.74, 6) is -0.805. The molecule has 0 aliphatic carbocycles. The lowest BCUT2D eigenvalue weighted by molar-refractivity contribution is -0.142.